The van der Waals surface area contributed by atoms with E-state index in [9.17, 15) is 19.5 Å². The van der Waals surface area contributed by atoms with Crippen molar-refractivity contribution in [2.24, 2.45) is 17.6 Å². The van der Waals surface area contributed by atoms with Crippen LogP contribution in [-0.2, 0) is 14.4 Å². The fraction of sp³-hybridized carbons (Fsp3) is 0.632. The van der Waals surface area contributed by atoms with Crippen molar-refractivity contribution in [1.82, 2.24) is 10.2 Å². The molecule has 0 spiro atoms. The van der Waals surface area contributed by atoms with Gasteiger partial charge in [0.1, 0.15) is 6.10 Å². The molecule has 0 radical (unpaired) electrons. The molecule has 1 unspecified atom stereocenters. The van der Waals surface area contributed by atoms with E-state index in [2.05, 4.69) is 5.32 Å². The van der Waals surface area contributed by atoms with Gasteiger partial charge in [0.05, 0.1) is 11.6 Å². The molecule has 0 bridgehead atoms. The molecule has 4 N–H and O–H groups in total. The zero-order chi connectivity index (χ0) is 19.6. The first-order chi connectivity index (χ1) is 12.1. The highest BCUT2D eigenvalue weighted by atomic mass is 16.3. The summed E-state index contributed by atoms with van der Waals surface area (Å²) in [5, 5.41) is 12.4. The number of aliphatic hydroxyl groups excluding tert-OH is 1. The van der Waals surface area contributed by atoms with Gasteiger partial charge in [-0.15, -0.1) is 0 Å². The van der Waals surface area contributed by atoms with E-state index in [1.165, 1.54) is 11.8 Å². The number of Topliss-reactive ketones (excluding diaryl/α,β-unsaturated/α-hetero) is 1. The van der Waals surface area contributed by atoms with E-state index >= 15 is 0 Å². The molecule has 2 rings (SSSR count). The molecule has 0 aromatic heterocycles. The fourth-order valence-corrected chi connectivity index (χ4v) is 3.45. The van der Waals surface area contributed by atoms with Crippen LogP contribution < -0.4 is 11.1 Å². The van der Waals surface area contributed by atoms with Gasteiger partial charge in [-0.2, -0.15) is 0 Å². The Morgan fingerprint density at radius 3 is 2.62 bits per heavy atom. The molecular formula is C19H29N3O4. The van der Waals surface area contributed by atoms with E-state index in [0.29, 0.717) is 12.1 Å². The smallest absolute Gasteiger partial charge is 0.257 e. The zero-order valence-corrected chi connectivity index (χ0v) is 15.9. The van der Waals surface area contributed by atoms with E-state index in [0.717, 1.165) is 12.8 Å². The summed E-state index contributed by atoms with van der Waals surface area (Å²) in [7, 11) is 1.63. The molecule has 1 heterocycles. The normalized spacial score (nSPS) is 25.7. The molecule has 7 heteroatoms. The number of hydrogen-bond donors (Lipinski definition) is 3. The topological polar surface area (TPSA) is 113 Å². The number of likely N-dealkylation sites (N-methyl/N-ethyl adjacent to an activating group) is 1. The number of carbonyl (C=O) groups is 3. The van der Waals surface area contributed by atoms with Gasteiger partial charge in [-0.1, -0.05) is 26.0 Å². The average Bonchev–Trinajstić information content (AvgIpc) is 2.69. The first kappa shape index (κ1) is 20.3. The van der Waals surface area contributed by atoms with Crippen LogP contribution in [0.5, 0.6) is 0 Å². The number of hydrogen-bond acceptors (Lipinski definition) is 5. The van der Waals surface area contributed by atoms with Crippen molar-refractivity contribution in [3.8, 4) is 0 Å². The Bertz CT molecular complexity index is 653. The minimum Gasteiger partial charge on any atom is -0.383 e. The minimum absolute atomic E-state index is 0.0583. The number of amides is 2. The third-order valence-electron chi connectivity index (χ3n) is 5.09. The SMILES string of the molecule is CC(C)[C@H](O)C(=O)N[C@@H](C)C(=O)C1=C2C=CCCC2[C@H](N)CN(C)C1=O. The summed E-state index contributed by atoms with van der Waals surface area (Å²) in [6.07, 6.45) is 4.20. The van der Waals surface area contributed by atoms with E-state index in [1.807, 2.05) is 12.2 Å². The van der Waals surface area contributed by atoms with Gasteiger partial charge in [-0.3, -0.25) is 14.4 Å². The summed E-state index contributed by atoms with van der Waals surface area (Å²) >= 11 is 0. The Hall–Kier alpha value is -1.99. The van der Waals surface area contributed by atoms with Crippen LogP contribution in [0.25, 0.3) is 0 Å². The third kappa shape index (κ3) is 4.04. The Balaban J connectivity index is 2.33. The van der Waals surface area contributed by atoms with Crippen molar-refractivity contribution in [3.63, 3.8) is 0 Å². The van der Waals surface area contributed by atoms with Crippen LogP contribution in [0.1, 0.15) is 33.6 Å². The molecule has 1 aliphatic heterocycles. The molecule has 7 nitrogen and oxygen atoms in total. The second-order valence-corrected chi connectivity index (χ2v) is 7.55. The lowest BCUT2D eigenvalue weighted by Gasteiger charge is -2.27. The maximum Gasteiger partial charge on any atom is 0.257 e. The lowest BCUT2D eigenvalue weighted by molar-refractivity contribution is -0.135. The standard InChI is InChI=1S/C19H29N3O4/c1-10(2)16(23)18(25)21-11(3)17(24)15-13-8-6-5-7-12(13)14(20)9-22(4)19(15)26/h6,8,10-12,14,16,23H,5,7,9,20H2,1-4H3,(H,21,25)/t11-,12?,14+,16-/m0/s1. The van der Waals surface area contributed by atoms with E-state index < -0.39 is 23.8 Å². The first-order valence-corrected chi connectivity index (χ1v) is 9.09. The highest BCUT2D eigenvalue weighted by molar-refractivity contribution is 6.22. The van der Waals surface area contributed by atoms with Crippen molar-refractivity contribution in [2.75, 3.05) is 13.6 Å². The molecule has 26 heavy (non-hydrogen) atoms. The molecule has 0 aromatic rings. The number of nitrogens with one attached hydrogen (secondary N) is 1. The second kappa shape index (κ2) is 8.14. The summed E-state index contributed by atoms with van der Waals surface area (Å²) in [6, 6.07) is -1.15. The van der Waals surface area contributed by atoms with Gasteiger partial charge in [0, 0.05) is 25.6 Å². The molecule has 144 valence electrons. The minimum atomic E-state index is -1.20. The lowest BCUT2D eigenvalue weighted by Crippen LogP contribution is -2.47. The van der Waals surface area contributed by atoms with E-state index in [1.54, 1.807) is 20.9 Å². The van der Waals surface area contributed by atoms with Crippen LogP contribution >= 0.6 is 0 Å². The predicted octanol–water partition coefficient (Wildman–Crippen LogP) is 0.139. The number of nitrogens with zero attached hydrogens (tertiary/aromatic N) is 1. The molecule has 4 atom stereocenters. The van der Waals surface area contributed by atoms with Crippen LogP contribution in [0.2, 0.25) is 0 Å². The van der Waals surface area contributed by atoms with Crippen LogP contribution in [0.4, 0.5) is 0 Å². The fourth-order valence-electron chi connectivity index (χ4n) is 3.45. The van der Waals surface area contributed by atoms with E-state index in [-0.39, 0.29) is 29.4 Å². The molecular weight excluding hydrogens is 334 g/mol. The molecule has 0 saturated heterocycles. The number of carbonyl (C=O) groups excluding carboxylic acids is 3. The summed E-state index contributed by atoms with van der Waals surface area (Å²) in [4.78, 5) is 39.4. The number of nitrogens with two attached hydrogens (primary N) is 1. The number of allylic oxidation sites excluding steroid dienone is 2. The quantitative estimate of drug-likeness (QED) is 0.602. The molecule has 0 fully saturated rings. The molecule has 0 aromatic carbocycles. The maximum atomic E-state index is 13.0. The molecule has 2 amide bonds. The number of ketones is 1. The van der Waals surface area contributed by atoms with Crippen molar-refractivity contribution < 1.29 is 19.5 Å². The number of fused-ring (bicyclic) bond motifs is 1. The van der Waals surface area contributed by atoms with E-state index in [4.69, 9.17) is 5.73 Å². The highest BCUT2D eigenvalue weighted by Crippen LogP contribution is 2.33. The van der Waals surface area contributed by atoms with Gasteiger partial charge in [0.25, 0.3) is 5.91 Å². The van der Waals surface area contributed by atoms with Gasteiger partial charge in [-0.05, 0) is 31.3 Å². The summed E-state index contributed by atoms with van der Waals surface area (Å²) in [6.45, 7) is 5.33. The number of aliphatic hydroxyl groups is 1. The monoisotopic (exact) mass is 363 g/mol. The Kier molecular flexibility index (Phi) is 6.36. The maximum absolute atomic E-state index is 13.0. The molecule has 2 aliphatic rings. The van der Waals surface area contributed by atoms with Gasteiger partial charge >= 0.3 is 0 Å². The summed E-state index contributed by atoms with van der Waals surface area (Å²) < 4.78 is 0. The van der Waals surface area contributed by atoms with Gasteiger partial charge < -0.3 is 21.1 Å². The molecule has 0 saturated carbocycles. The predicted molar refractivity (Wildman–Crippen MR) is 98.0 cm³/mol. The van der Waals surface area contributed by atoms with Gasteiger partial charge in [-0.25, -0.2) is 0 Å². The van der Waals surface area contributed by atoms with Crippen molar-refractivity contribution >= 4 is 17.6 Å². The summed E-state index contributed by atoms with van der Waals surface area (Å²) in [5.74, 6) is -1.77. The van der Waals surface area contributed by atoms with Crippen LogP contribution in [-0.4, -0.2) is 59.4 Å². The molecule has 1 aliphatic carbocycles. The Morgan fingerprint density at radius 2 is 2.00 bits per heavy atom. The Labute approximate surface area is 154 Å². The van der Waals surface area contributed by atoms with Crippen LogP contribution in [0.15, 0.2) is 23.3 Å². The second-order valence-electron chi connectivity index (χ2n) is 7.55. The van der Waals surface area contributed by atoms with Gasteiger partial charge in [0.15, 0.2) is 5.78 Å². The Morgan fingerprint density at radius 1 is 1.35 bits per heavy atom. The van der Waals surface area contributed by atoms with Crippen LogP contribution in [0, 0.1) is 11.8 Å². The van der Waals surface area contributed by atoms with Crippen LogP contribution in [0.3, 0.4) is 0 Å². The third-order valence-corrected chi connectivity index (χ3v) is 5.09. The van der Waals surface area contributed by atoms with Crippen molar-refractivity contribution in [3.05, 3.63) is 23.3 Å². The zero-order valence-electron chi connectivity index (χ0n) is 15.9. The van der Waals surface area contributed by atoms with Crippen molar-refractivity contribution in [2.45, 2.75) is 51.8 Å². The largest absolute Gasteiger partial charge is 0.383 e. The summed E-state index contributed by atoms with van der Waals surface area (Å²) in [5.41, 5.74) is 7.01. The average molecular weight is 363 g/mol. The van der Waals surface area contributed by atoms with Gasteiger partial charge in [0.2, 0.25) is 5.91 Å². The first-order valence-electron chi connectivity index (χ1n) is 9.09. The highest BCUT2D eigenvalue weighted by Gasteiger charge is 2.38. The number of rotatable bonds is 5. The van der Waals surface area contributed by atoms with Crippen molar-refractivity contribution in [1.29, 1.82) is 0 Å². The lowest BCUT2D eigenvalue weighted by atomic mass is 9.80.